The first-order valence-electron chi connectivity index (χ1n) is 9.66. The Morgan fingerprint density at radius 1 is 1.00 bits per heavy atom. The zero-order valence-corrected chi connectivity index (χ0v) is 14.5. The normalized spacial score (nSPS) is 39.2. The number of carboxylic acid groups (broad SMARTS) is 1. The largest absolute Gasteiger partial charge is 0.481 e. The maximum Gasteiger partial charge on any atom is 0.308 e. The van der Waals surface area contributed by atoms with Crippen LogP contribution in [0.5, 0.6) is 0 Å². The van der Waals surface area contributed by atoms with Crippen molar-refractivity contribution in [2.24, 2.45) is 23.7 Å². The molecular weight excluding hydrogens is 314 g/mol. The van der Waals surface area contributed by atoms with Crippen molar-refractivity contribution in [2.75, 3.05) is 11.4 Å². The molecule has 4 bridgehead atoms. The van der Waals surface area contributed by atoms with E-state index in [1.807, 2.05) is 12.1 Å². The number of hydrogen-bond acceptors (Lipinski definition) is 2. The van der Waals surface area contributed by atoms with Gasteiger partial charge in [0, 0.05) is 18.7 Å². The zero-order chi connectivity index (χ0) is 17.2. The molecule has 4 saturated carbocycles. The third kappa shape index (κ3) is 2.41. The van der Waals surface area contributed by atoms with Crippen LogP contribution in [0.1, 0.15) is 50.5 Å². The van der Waals surface area contributed by atoms with Crippen molar-refractivity contribution < 1.29 is 14.7 Å². The standard InChI is InChI=1S/C21H25NO3/c23-19-8-16(20(24)25)12-22(19)18-3-1-17(2-4-18)21-9-13-5-14(10-21)7-15(6-13)11-21/h1-4,13-16H,5-12H2,(H,24,25). The van der Waals surface area contributed by atoms with Crippen molar-refractivity contribution in [3.63, 3.8) is 0 Å². The third-order valence-corrected chi connectivity index (χ3v) is 7.30. The molecule has 4 nitrogen and oxygen atoms in total. The van der Waals surface area contributed by atoms with Crippen LogP contribution in [0.25, 0.3) is 0 Å². The van der Waals surface area contributed by atoms with E-state index in [0.29, 0.717) is 12.0 Å². The van der Waals surface area contributed by atoms with Gasteiger partial charge in [0.1, 0.15) is 0 Å². The molecule has 1 saturated heterocycles. The number of carboxylic acids is 1. The van der Waals surface area contributed by atoms with E-state index in [0.717, 1.165) is 23.4 Å². The first kappa shape index (κ1) is 15.4. The molecule has 0 radical (unpaired) electrons. The van der Waals surface area contributed by atoms with Crippen LogP contribution in [-0.2, 0) is 15.0 Å². The number of aliphatic carboxylic acids is 1. The molecule has 5 fully saturated rings. The lowest BCUT2D eigenvalue weighted by Crippen LogP contribution is -2.48. The Labute approximate surface area is 148 Å². The fourth-order valence-corrected chi connectivity index (χ4v) is 6.58. The van der Waals surface area contributed by atoms with E-state index in [-0.39, 0.29) is 12.3 Å². The first-order chi connectivity index (χ1) is 12.0. The first-order valence-corrected chi connectivity index (χ1v) is 9.66. The highest BCUT2D eigenvalue weighted by molar-refractivity contribution is 5.99. The predicted octanol–water partition coefficient (Wildman–Crippen LogP) is 3.59. The number of anilines is 1. The fraction of sp³-hybridized carbons (Fsp3) is 0.619. The lowest BCUT2D eigenvalue weighted by Gasteiger charge is -2.57. The van der Waals surface area contributed by atoms with E-state index in [9.17, 15) is 9.59 Å². The van der Waals surface area contributed by atoms with Gasteiger partial charge in [-0.3, -0.25) is 9.59 Å². The smallest absolute Gasteiger partial charge is 0.308 e. The molecule has 1 atom stereocenters. The van der Waals surface area contributed by atoms with Crippen LogP contribution < -0.4 is 4.90 Å². The van der Waals surface area contributed by atoms with Gasteiger partial charge in [0.05, 0.1) is 5.92 Å². The Hall–Kier alpha value is -1.84. The summed E-state index contributed by atoms with van der Waals surface area (Å²) >= 11 is 0. The second kappa shape index (κ2) is 5.33. The minimum atomic E-state index is -0.874. The number of rotatable bonds is 3. The molecule has 1 amide bonds. The minimum Gasteiger partial charge on any atom is -0.481 e. The van der Waals surface area contributed by atoms with E-state index in [1.165, 1.54) is 44.1 Å². The van der Waals surface area contributed by atoms with Gasteiger partial charge in [-0.15, -0.1) is 0 Å². The summed E-state index contributed by atoms with van der Waals surface area (Å²) < 4.78 is 0. The molecule has 1 aromatic carbocycles. The van der Waals surface area contributed by atoms with E-state index < -0.39 is 11.9 Å². The average Bonchev–Trinajstić information content (AvgIpc) is 2.96. The summed E-state index contributed by atoms with van der Waals surface area (Å²) in [6, 6.07) is 8.50. The monoisotopic (exact) mass is 339 g/mol. The van der Waals surface area contributed by atoms with Gasteiger partial charge in [0.15, 0.2) is 0 Å². The third-order valence-electron chi connectivity index (χ3n) is 7.30. The molecule has 4 aliphatic carbocycles. The highest BCUT2D eigenvalue weighted by atomic mass is 16.4. The Morgan fingerprint density at radius 3 is 2.04 bits per heavy atom. The van der Waals surface area contributed by atoms with Crippen LogP contribution in [0.15, 0.2) is 24.3 Å². The molecule has 1 aliphatic heterocycles. The number of hydrogen-bond donors (Lipinski definition) is 1. The molecule has 5 aliphatic rings. The minimum absolute atomic E-state index is 0.0741. The number of carbonyl (C=O) groups excluding carboxylic acids is 1. The maximum atomic E-state index is 12.2. The quantitative estimate of drug-likeness (QED) is 0.915. The van der Waals surface area contributed by atoms with Crippen LogP contribution in [0, 0.1) is 23.7 Å². The van der Waals surface area contributed by atoms with Crippen molar-refractivity contribution >= 4 is 17.6 Å². The van der Waals surface area contributed by atoms with Gasteiger partial charge in [-0.1, -0.05) is 12.1 Å². The van der Waals surface area contributed by atoms with Gasteiger partial charge in [0.25, 0.3) is 0 Å². The van der Waals surface area contributed by atoms with Crippen molar-refractivity contribution in [1.82, 2.24) is 0 Å². The van der Waals surface area contributed by atoms with Crippen LogP contribution in [0.3, 0.4) is 0 Å². The summed E-state index contributed by atoms with van der Waals surface area (Å²) in [7, 11) is 0. The molecule has 1 N–H and O–H groups in total. The Morgan fingerprint density at radius 2 is 1.56 bits per heavy atom. The second-order valence-corrected chi connectivity index (χ2v) is 8.99. The molecule has 25 heavy (non-hydrogen) atoms. The van der Waals surface area contributed by atoms with Crippen molar-refractivity contribution in [1.29, 1.82) is 0 Å². The van der Waals surface area contributed by atoms with Gasteiger partial charge in [-0.05, 0) is 79.4 Å². The second-order valence-electron chi connectivity index (χ2n) is 8.99. The fourth-order valence-electron chi connectivity index (χ4n) is 6.58. The molecule has 0 spiro atoms. The van der Waals surface area contributed by atoms with Crippen LogP contribution in [0.4, 0.5) is 5.69 Å². The summed E-state index contributed by atoms with van der Waals surface area (Å²) in [4.78, 5) is 25.0. The Balaban J connectivity index is 1.39. The molecule has 1 heterocycles. The summed E-state index contributed by atoms with van der Waals surface area (Å²) in [5, 5.41) is 9.16. The van der Waals surface area contributed by atoms with Gasteiger partial charge in [0.2, 0.25) is 5.91 Å². The topological polar surface area (TPSA) is 57.6 Å². The van der Waals surface area contributed by atoms with Crippen molar-refractivity contribution in [3.8, 4) is 0 Å². The molecule has 132 valence electrons. The van der Waals surface area contributed by atoms with E-state index in [4.69, 9.17) is 5.11 Å². The lowest BCUT2D eigenvalue weighted by molar-refractivity contribution is -0.141. The van der Waals surface area contributed by atoms with E-state index in [2.05, 4.69) is 12.1 Å². The molecule has 1 aromatic rings. The van der Waals surface area contributed by atoms with Crippen LogP contribution >= 0.6 is 0 Å². The summed E-state index contributed by atoms with van der Waals surface area (Å²) in [6.45, 7) is 0.297. The van der Waals surface area contributed by atoms with E-state index >= 15 is 0 Å². The summed E-state index contributed by atoms with van der Waals surface area (Å²) in [6.07, 6.45) is 8.45. The molecule has 0 aromatic heterocycles. The number of amides is 1. The summed E-state index contributed by atoms with van der Waals surface area (Å²) in [5.74, 6) is 1.23. The predicted molar refractivity (Wildman–Crippen MR) is 94.4 cm³/mol. The highest BCUT2D eigenvalue weighted by Gasteiger charge is 2.51. The van der Waals surface area contributed by atoms with Gasteiger partial charge in [-0.25, -0.2) is 0 Å². The summed E-state index contributed by atoms with van der Waals surface area (Å²) in [5.41, 5.74) is 2.66. The zero-order valence-electron chi connectivity index (χ0n) is 14.5. The maximum absolute atomic E-state index is 12.2. The van der Waals surface area contributed by atoms with Gasteiger partial charge in [-0.2, -0.15) is 0 Å². The molecule has 6 rings (SSSR count). The number of benzene rings is 1. The number of nitrogens with zero attached hydrogens (tertiary/aromatic N) is 1. The van der Waals surface area contributed by atoms with E-state index in [1.54, 1.807) is 4.90 Å². The van der Waals surface area contributed by atoms with Gasteiger partial charge >= 0.3 is 5.97 Å². The lowest BCUT2D eigenvalue weighted by atomic mass is 9.48. The molecule has 1 unspecified atom stereocenters. The van der Waals surface area contributed by atoms with Crippen LogP contribution in [0.2, 0.25) is 0 Å². The molecule has 4 heteroatoms. The Kier molecular flexibility index (Phi) is 3.28. The Bertz CT molecular complexity index is 688. The molecular formula is C21H25NO3. The van der Waals surface area contributed by atoms with Crippen molar-refractivity contribution in [2.45, 2.75) is 50.4 Å². The number of carbonyl (C=O) groups is 2. The highest BCUT2D eigenvalue weighted by Crippen LogP contribution is 2.60. The van der Waals surface area contributed by atoms with Crippen LogP contribution in [-0.4, -0.2) is 23.5 Å². The SMILES string of the molecule is O=C(O)C1CC(=O)N(c2ccc(C34CC5CC(CC(C5)C3)C4)cc2)C1. The van der Waals surface area contributed by atoms with Crippen molar-refractivity contribution in [3.05, 3.63) is 29.8 Å². The average molecular weight is 339 g/mol. The van der Waals surface area contributed by atoms with Gasteiger partial charge < -0.3 is 10.0 Å².